The first-order valence-electron chi connectivity index (χ1n) is 24.5. The lowest BCUT2D eigenvalue weighted by Crippen LogP contribution is -2.35. The van der Waals surface area contributed by atoms with Crippen LogP contribution in [-0.2, 0) is 32.0 Å². The highest BCUT2D eigenvalue weighted by molar-refractivity contribution is 5.95. The number of dihydropyridines is 1. The van der Waals surface area contributed by atoms with E-state index in [9.17, 15) is 24.6 Å². The summed E-state index contributed by atoms with van der Waals surface area (Å²) in [6.07, 6.45) is 23.6. The second-order valence-corrected chi connectivity index (χ2v) is 19.2. The van der Waals surface area contributed by atoms with Crippen molar-refractivity contribution in [2.75, 3.05) is 25.1 Å². The number of benzene rings is 4. The lowest BCUT2D eigenvalue weighted by molar-refractivity contribution is -0.148. The third-order valence-corrected chi connectivity index (χ3v) is 14.4. The van der Waals surface area contributed by atoms with Crippen molar-refractivity contribution in [2.24, 2.45) is 11.3 Å². The molecule has 4 bridgehead atoms. The Morgan fingerprint density at radius 2 is 1.66 bits per heavy atom. The van der Waals surface area contributed by atoms with Crippen LogP contribution in [0.25, 0.3) is 10.8 Å². The van der Waals surface area contributed by atoms with Crippen molar-refractivity contribution >= 4 is 34.0 Å². The number of allylic oxidation sites excluding steroid dienone is 6. The zero-order valence-corrected chi connectivity index (χ0v) is 40.8. The number of phenolic OH excluding ortho intramolecular Hbond substituents is 2. The molecule has 366 valence electrons. The maximum absolute atomic E-state index is 14.8. The second kappa shape index (κ2) is 21.1. The Kier molecular flexibility index (Phi) is 14.3. The van der Waals surface area contributed by atoms with Crippen molar-refractivity contribution in [2.45, 2.75) is 83.8 Å². The van der Waals surface area contributed by atoms with E-state index in [4.69, 9.17) is 14.2 Å². The average Bonchev–Trinajstić information content (AvgIpc) is 3.99. The quantitative estimate of drug-likeness (QED) is 0.103. The molecule has 0 fully saturated rings. The summed E-state index contributed by atoms with van der Waals surface area (Å²) in [5.41, 5.74) is 5.70. The van der Waals surface area contributed by atoms with Gasteiger partial charge in [-0.05, 0) is 120 Å². The van der Waals surface area contributed by atoms with Crippen LogP contribution in [0.4, 0.5) is 5.69 Å². The molecular formula is C59H62N4O8. The van der Waals surface area contributed by atoms with Gasteiger partial charge < -0.3 is 44.2 Å². The summed E-state index contributed by atoms with van der Waals surface area (Å²) in [5.74, 6) is 1.96. The molecule has 4 N–H and O–H groups in total. The van der Waals surface area contributed by atoms with Crippen LogP contribution in [0.5, 0.6) is 28.7 Å². The zero-order chi connectivity index (χ0) is 49.6. The number of aromatic hydroxyl groups is 2. The van der Waals surface area contributed by atoms with Crippen molar-refractivity contribution in [3.05, 3.63) is 180 Å². The number of phenols is 2. The number of H-pyrrole nitrogens is 1. The number of anilines is 1. The fourth-order valence-electron chi connectivity index (χ4n) is 10.6. The van der Waals surface area contributed by atoms with Crippen LogP contribution in [0.1, 0.15) is 87.1 Å². The Hall–Kier alpha value is -7.73. The minimum Gasteiger partial charge on any atom is -0.508 e. The van der Waals surface area contributed by atoms with Gasteiger partial charge in [0, 0.05) is 86.8 Å². The average molecular weight is 955 g/mol. The van der Waals surface area contributed by atoms with E-state index in [0.717, 1.165) is 44.5 Å². The van der Waals surface area contributed by atoms with Gasteiger partial charge in [0.1, 0.15) is 40.7 Å². The number of rotatable bonds is 9. The summed E-state index contributed by atoms with van der Waals surface area (Å²) in [4.78, 5) is 46.0. The highest BCUT2D eigenvalue weighted by atomic mass is 16.5. The largest absolute Gasteiger partial charge is 0.508 e. The Labute approximate surface area is 415 Å². The standard InChI is InChI=1S/C59H62N4O8/c1-38-10-5-6-22-59(38)23-19-51(70-40(3)65)31-49(68)32-55(43-17-18-56(57(28-43)69-4)71-50-15-9-14-48(67)30-50)62-36-44-12-8-16-54(53(44)37-62)63(25-21-39(2)64)58-29-42(20-24-61-58)52(41-11-7-13-47(66)26-41)27-45-34-60-35-46(45)33-59/h5-18,20,22,26,28-30,34-38,51-52,55,60-61,66-67H,19,21,23-25,27,31-33H2,1-4H3. The highest BCUT2D eigenvalue weighted by Crippen LogP contribution is 2.45. The van der Waals surface area contributed by atoms with E-state index >= 15 is 0 Å². The van der Waals surface area contributed by atoms with E-state index < -0.39 is 18.1 Å². The molecule has 4 aromatic carbocycles. The fraction of sp³-hybridized carbons (Fsp3) is 0.305. The number of carbonyl (C=O) groups excluding carboxylic acids is 3. The third kappa shape index (κ3) is 11.0. The number of aromatic amines is 1. The van der Waals surface area contributed by atoms with Crippen molar-refractivity contribution in [3.63, 3.8) is 0 Å². The maximum atomic E-state index is 14.8. The molecule has 0 saturated carbocycles. The molecule has 12 heteroatoms. The smallest absolute Gasteiger partial charge is 0.302 e. The fourth-order valence-corrected chi connectivity index (χ4v) is 10.6. The predicted octanol–water partition coefficient (Wildman–Crippen LogP) is 11.3. The normalized spacial score (nSPS) is 21.7. The predicted molar refractivity (Wildman–Crippen MR) is 276 cm³/mol. The van der Waals surface area contributed by atoms with Crippen molar-refractivity contribution in [1.29, 1.82) is 0 Å². The highest BCUT2D eigenvalue weighted by Gasteiger charge is 2.37. The molecule has 1 aliphatic carbocycles. The number of ether oxygens (including phenoxy) is 3. The number of ketones is 2. The molecule has 0 saturated heterocycles. The zero-order valence-electron chi connectivity index (χ0n) is 40.8. The summed E-state index contributed by atoms with van der Waals surface area (Å²) < 4.78 is 20.2. The summed E-state index contributed by atoms with van der Waals surface area (Å²) in [6.45, 7) is 6.18. The minimum atomic E-state index is -0.664. The van der Waals surface area contributed by atoms with Gasteiger partial charge in [-0.1, -0.05) is 73.7 Å². The van der Waals surface area contributed by atoms with E-state index in [2.05, 4.69) is 93.9 Å². The van der Waals surface area contributed by atoms with Gasteiger partial charge in [0.25, 0.3) is 0 Å². The Bertz CT molecular complexity index is 3070. The van der Waals surface area contributed by atoms with Crippen molar-refractivity contribution in [3.8, 4) is 28.7 Å². The summed E-state index contributed by atoms with van der Waals surface area (Å²) in [5, 5.41) is 26.5. The van der Waals surface area contributed by atoms with Gasteiger partial charge in [0.15, 0.2) is 11.5 Å². The molecule has 2 aliphatic heterocycles. The second-order valence-electron chi connectivity index (χ2n) is 19.2. The third-order valence-electron chi connectivity index (χ3n) is 14.4. The van der Waals surface area contributed by atoms with Crippen LogP contribution >= 0.6 is 0 Å². The topological polar surface area (TPSA) is 155 Å². The summed E-state index contributed by atoms with van der Waals surface area (Å²) >= 11 is 0. The molecule has 3 aliphatic rings. The Morgan fingerprint density at radius 3 is 2.44 bits per heavy atom. The van der Waals surface area contributed by atoms with E-state index in [1.54, 1.807) is 44.4 Å². The van der Waals surface area contributed by atoms with Gasteiger partial charge in [-0.25, -0.2) is 0 Å². The first kappa shape index (κ1) is 48.3. The first-order valence-corrected chi connectivity index (χ1v) is 24.5. The van der Waals surface area contributed by atoms with Crippen LogP contribution in [0.15, 0.2) is 158 Å². The number of aromatic nitrogens is 2. The molecule has 1 spiro atoms. The number of nitrogens with one attached hydrogen (secondary N) is 2. The number of carbonyl (C=O) groups is 3. The minimum absolute atomic E-state index is 0.0245. The summed E-state index contributed by atoms with van der Waals surface area (Å²) in [6, 6.07) is 25.2. The van der Waals surface area contributed by atoms with Crippen LogP contribution in [-0.4, -0.2) is 63.6 Å². The van der Waals surface area contributed by atoms with Gasteiger partial charge in [0.05, 0.1) is 18.8 Å². The van der Waals surface area contributed by atoms with Gasteiger partial charge in [0.2, 0.25) is 0 Å². The van der Waals surface area contributed by atoms with Crippen molar-refractivity contribution < 1.29 is 38.8 Å². The molecule has 12 nitrogen and oxygen atoms in total. The summed E-state index contributed by atoms with van der Waals surface area (Å²) in [7, 11) is 1.56. The number of hydrogen-bond acceptors (Lipinski definition) is 10. The molecule has 2 aromatic heterocycles. The molecule has 0 amide bonds. The monoisotopic (exact) mass is 954 g/mol. The molecule has 6 aromatic rings. The molecule has 4 heterocycles. The number of methoxy groups -OCH3 is 1. The number of hydrogen-bond donors (Lipinski definition) is 4. The molecule has 5 atom stereocenters. The van der Waals surface area contributed by atoms with Gasteiger partial charge in [-0.3, -0.25) is 14.4 Å². The number of fused-ring (bicyclic) bond motifs is 3. The van der Waals surface area contributed by atoms with E-state index in [0.29, 0.717) is 62.4 Å². The van der Waals surface area contributed by atoms with Gasteiger partial charge in [-0.2, -0.15) is 0 Å². The molecular weight excluding hydrogens is 893 g/mol. The Balaban J connectivity index is 1.20. The Morgan fingerprint density at radius 1 is 0.859 bits per heavy atom. The van der Waals surface area contributed by atoms with Gasteiger partial charge >= 0.3 is 5.97 Å². The van der Waals surface area contributed by atoms with E-state index in [1.807, 2.05) is 42.6 Å². The number of Topliss-reactive ketones (excluding diaryl/α,β-unsaturated/α-hetero) is 2. The molecule has 5 unspecified atom stereocenters. The lowest BCUT2D eigenvalue weighted by atomic mass is 9.66. The SMILES string of the molecule is COc1cc(C2CC(=O)CC(OC(C)=O)CCC3(C=CC=CC3C)Cc3c[nH]cc3CC(c3cccc(O)c3)C3=CCNC(=C3)N(CCC(C)=O)c3cccc4cn2cc34)ccc1Oc1cccc(O)c1. The molecule has 0 radical (unpaired) electrons. The van der Waals surface area contributed by atoms with E-state index in [-0.39, 0.29) is 53.2 Å². The number of esters is 1. The molecule has 9 rings (SSSR count). The van der Waals surface area contributed by atoms with Crippen LogP contribution in [0.2, 0.25) is 0 Å². The van der Waals surface area contributed by atoms with Crippen molar-refractivity contribution in [1.82, 2.24) is 14.9 Å². The maximum Gasteiger partial charge on any atom is 0.302 e. The van der Waals surface area contributed by atoms with E-state index in [1.165, 1.54) is 18.6 Å². The number of nitrogens with zero attached hydrogens (tertiary/aromatic N) is 2. The molecule has 71 heavy (non-hydrogen) atoms. The van der Waals surface area contributed by atoms with Crippen LogP contribution < -0.4 is 19.7 Å². The van der Waals surface area contributed by atoms with Gasteiger partial charge in [-0.15, -0.1) is 0 Å². The lowest BCUT2D eigenvalue weighted by Gasteiger charge is -2.38. The van der Waals surface area contributed by atoms with Crippen LogP contribution in [0, 0.1) is 11.3 Å². The first-order chi connectivity index (χ1) is 34.3. The van der Waals surface area contributed by atoms with Crippen LogP contribution in [0.3, 0.4) is 0 Å².